The maximum atomic E-state index is 6.06. The van der Waals surface area contributed by atoms with Gasteiger partial charge in [-0.3, -0.25) is 0 Å². The standard InChI is InChI=1S/C16H23N3O2.HI/c1-16(2)13(12-8-9-21-14(12)16)19-15(17)18-10-4-6-11(20-3)7-5-10;/h4-7,12-14H,8-9H2,1-3H3,(H3,17,18,19);1H. The summed E-state index contributed by atoms with van der Waals surface area (Å²) in [5.74, 6) is 1.79. The summed E-state index contributed by atoms with van der Waals surface area (Å²) in [6, 6.07) is 7.87. The number of benzene rings is 1. The first-order chi connectivity index (χ1) is 10.0. The van der Waals surface area contributed by atoms with Crippen LogP contribution in [0.3, 0.4) is 0 Å². The first kappa shape index (κ1) is 17.3. The summed E-state index contributed by atoms with van der Waals surface area (Å²) in [7, 11) is 1.65. The summed E-state index contributed by atoms with van der Waals surface area (Å²) in [6.45, 7) is 5.25. The van der Waals surface area contributed by atoms with E-state index in [1.807, 2.05) is 24.3 Å². The third-order valence-corrected chi connectivity index (χ3v) is 4.68. The zero-order valence-electron chi connectivity index (χ0n) is 13.2. The van der Waals surface area contributed by atoms with Crippen molar-refractivity contribution in [3.63, 3.8) is 0 Å². The van der Waals surface area contributed by atoms with Gasteiger partial charge in [-0.15, -0.1) is 24.0 Å². The molecule has 0 aromatic heterocycles. The van der Waals surface area contributed by atoms with E-state index in [-0.39, 0.29) is 35.4 Å². The van der Waals surface area contributed by atoms with E-state index in [4.69, 9.17) is 15.2 Å². The lowest BCUT2D eigenvalue weighted by atomic mass is 9.57. The Kier molecular flexibility index (Phi) is 5.21. The lowest BCUT2D eigenvalue weighted by molar-refractivity contribution is -0.0985. The number of fused-ring (bicyclic) bond motifs is 1. The van der Waals surface area contributed by atoms with Gasteiger partial charge in [0.05, 0.1) is 19.3 Å². The number of aliphatic imine (C=N–C) groups is 1. The number of halogens is 1. The molecule has 1 saturated heterocycles. The zero-order valence-corrected chi connectivity index (χ0v) is 15.5. The molecular formula is C16H24IN3O2. The van der Waals surface area contributed by atoms with Gasteiger partial charge >= 0.3 is 0 Å². The third kappa shape index (κ3) is 3.03. The van der Waals surface area contributed by atoms with E-state index in [0.29, 0.717) is 18.0 Å². The molecule has 0 spiro atoms. The number of guanidine groups is 1. The minimum Gasteiger partial charge on any atom is -0.497 e. The van der Waals surface area contributed by atoms with Gasteiger partial charge in [0.25, 0.3) is 0 Å². The van der Waals surface area contributed by atoms with E-state index in [0.717, 1.165) is 24.5 Å². The fourth-order valence-corrected chi connectivity index (χ4v) is 3.56. The predicted octanol–water partition coefficient (Wildman–Crippen LogP) is 2.85. The topological polar surface area (TPSA) is 68.9 Å². The predicted molar refractivity (Wildman–Crippen MR) is 99.1 cm³/mol. The summed E-state index contributed by atoms with van der Waals surface area (Å²) in [6.07, 6.45) is 1.41. The van der Waals surface area contributed by atoms with Crippen LogP contribution in [0.5, 0.6) is 5.75 Å². The van der Waals surface area contributed by atoms with Gasteiger partial charge in [-0.05, 0) is 30.7 Å². The molecule has 5 nitrogen and oxygen atoms in total. The van der Waals surface area contributed by atoms with Crippen molar-refractivity contribution >= 4 is 35.6 Å². The summed E-state index contributed by atoms with van der Waals surface area (Å²) < 4.78 is 10.9. The van der Waals surface area contributed by atoms with Gasteiger partial charge in [0.15, 0.2) is 5.96 Å². The van der Waals surface area contributed by atoms with E-state index in [2.05, 4.69) is 24.2 Å². The van der Waals surface area contributed by atoms with Crippen LogP contribution in [0.2, 0.25) is 0 Å². The van der Waals surface area contributed by atoms with Gasteiger partial charge in [-0.2, -0.15) is 0 Å². The molecule has 2 aliphatic rings. The zero-order chi connectivity index (χ0) is 15.0. The van der Waals surface area contributed by atoms with Crippen LogP contribution in [0.25, 0.3) is 0 Å². The molecule has 3 rings (SSSR count). The molecule has 0 radical (unpaired) electrons. The van der Waals surface area contributed by atoms with E-state index in [1.54, 1.807) is 7.11 Å². The number of ether oxygens (including phenoxy) is 2. The Hall–Kier alpha value is -1.02. The van der Waals surface area contributed by atoms with Gasteiger partial charge < -0.3 is 20.5 Å². The molecule has 3 unspecified atom stereocenters. The largest absolute Gasteiger partial charge is 0.497 e. The van der Waals surface area contributed by atoms with Gasteiger partial charge in [-0.1, -0.05) is 13.8 Å². The molecule has 22 heavy (non-hydrogen) atoms. The lowest BCUT2D eigenvalue weighted by Gasteiger charge is -2.52. The Balaban J connectivity index is 0.00000176. The van der Waals surface area contributed by atoms with Crippen molar-refractivity contribution in [3.05, 3.63) is 24.3 Å². The molecule has 1 aliphatic heterocycles. The van der Waals surface area contributed by atoms with Crippen molar-refractivity contribution in [2.75, 3.05) is 19.0 Å². The highest BCUT2D eigenvalue weighted by Crippen LogP contribution is 2.53. The number of methoxy groups -OCH3 is 1. The highest BCUT2D eigenvalue weighted by atomic mass is 127. The Labute approximate surface area is 148 Å². The van der Waals surface area contributed by atoms with E-state index in [1.165, 1.54) is 0 Å². The van der Waals surface area contributed by atoms with Gasteiger partial charge in [-0.25, -0.2) is 4.99 Å². The van der Waals surface area contributed by atoms with Crippen LogP contribution in [0.4, 0.5) is 5.69 Å². The Morgan fingerprint density at radius 1 is 1.36 bits per heavy atom. The van der Waals surface area contributed by atoms with Gasteiger partial charge in [0.2, 0.25) is 0 Å². The van der Waals surface area contributed by atoms with Crippen LogP contribution in [0, 0.1) is 11.3 Å². The van der Waals surface area contributed by atoms with E-state index in [9.17, 15) is 0 Å². The van der Waals surface area contributed by atoms with Crippen molar-refractivity contribution in [2.24, 2.45) is 22.1 Å². The molecule has 3 N–H and O–H groups in total. The van der Waals surface area contributed by atoms with Crippen LogP contribution < -0.4 is 15.8 Å². The lowest BCUT2D eigenvalue weighted by Crippen LogP contribution is -2.59. The summed E-state index contributed by atoms with van der Waals surface area (Å²) in [5.41, 5.74) is 7.03. The second kappa shape index (κ2) is 6.62. The number of nitrogens with one attached hydrogen (secondary N) is 1. The Morgan fingerprint density at radius 3 is 2.68 bits per heavy atom. The Morgan fingerprint density at radius 2 is 2.05 bits per heavy atom. The SMILES string of the molecule is COc1ccc(NC(N)=NC2C3CCOC3C2(C)C)cc1.I. The summed E-state index contributed by atoms with van der Waals surface area (Å²) in [5, 5.41) is 3.14. The molecule has 2 fully saturated rings. The number of nitrogens with zero attached hydrogens (tertiary/aromatic N) is 1. The molecule has 0 amide bonds. The molecule has 1 saturated carbocycles. The van der Waals surface area contributed by atoms with Crippen molar-refractivity contribution in [1.29, 1.82) is 0 Å². The van der Waals surface area contributed by atoms with Gasteiger partial charge in [0, 0.05) is 23.6 Å². The first-order valence-corrected chi connectivity index (χ1v) is 7.38. The molecule has 1 aliphatic carbocycles. The molecule has 3 atom stereocenters. The number of hydrogen-bond donors (Lipinski definition) is 2. The average molecular weight is 417 g/mol. The molecule has 1 aromatic carbocycles. The van der Waals surface area contributed by atoms with Crippen molar-refractivity contribution in [2.45, 2.75) is 32.4 Å². The highest BCUT2D eigenvalue weighted by molar-refractivity contribution is 14.0. The molecule has 1 aromatic rings. The third-order valence-electron chi connectivity index (χ3n) is 4.68. The molecule has 122 valence electrons. The van der Waals surface area contributed by atoms with Crippen molar-refractivity contribution in [3.8, 4) is 5.75 Å². The van der Waals surface area contributed by atoms with E-state index >= 15 is 0 Å². The maximum absolute atomic E-state index is 6.06. The molecule has 0 bridgehead atoms. The summed E-state index contributed by atoms with van der Waals surface area (Å²) in [4.78, 5) is 4.69. The fraction of sp³-hybridized carbons (Fsp3) is 0.562. The van der Waals surface area contributed by atoms with Crippen LogP contribution in [-0.2, 0) is 4.74 Å². The maximum Gasteiger partial charge on any atom is 0.193 e. The molecule has 1 heterocycles. The number of rotatable bonds is 3. The number of anilines is 1. The first-order valence-electron chi connectivity index (χ1n) is 7.38. The van der Waals surface area contributed by atoms with Crippen LogP contribution in [0.1, 0.15) is 20.3 Å². The second-order valence-corrected chi connectivity index (χ2v) is 6.38. The quantitative estimate of drug-likeness (QED) is 0.451. The number of nitrogens with two attached hydrogens (primary N) is 1. The minimum absolute atomic E-state index is 0. The smallest absolute Gasteiger partial charge is 0.193 e. The van der Waals surface area contributed by atoms with Crippen molar-refractivity contribution in [1.82, 2.24) is 0 Å². The average Bonchev–Trinajstić information content (AvgIpc) is 2.93. The van der Waals surface area contributed by atoms with Crippen molar-refractivity contribution < 1.29 is 9.47 Å². The molecule has 6 heteroatoms. The second-order valence-electron chi connectivity index (χ2n) is 6.38. The minimum atomic E-state index is 0. The highest BCUT2D eigenvalue weighted by Gasteiger charge is 2.59. The van der Waals surface area contributed by atoms with Crippen LogP contribution in [-0.4, -0.2) is 31.8 Å². The summed E-state index contributed by atoms with van der Waals surface area (Å²) >= 11 is 0. The van der Waals surface area contributed by atoms with E-state index < -0.39 is 0 Å². The van der Waals surface area contributed by atoms with Gasteiger partial charge in [0.1, 0.15) is 5.75 Å². The fourth-order valence-electron chi connectivity index (χ4n) is 3.56. The molecular weight excluding hydrogens is 393 g/mol. The normalized spacial score (nSPS) is 29.0. The van der Waals surface area contributed by atoms with Crippen LogP contribution in [0.15, 0.2) is 29.3 Å². The Bertz CT molecular complexity index is 545. The van der Waals surface area contributed by atoms with Crippen LogP contribution >= 0.6 is 24.0 Å². The monoisotopic (exact) mass is 417 g/mol. The number of hydrogen-bond acceptors (Lipinski definition) is 3.